The molecule has 0 saturated carbocycles. The Morgan fingerprint density at radius 3 is 2.85 bits per heavy atom. The Hall–Kier alpha value is -2.93. The van der Waals surface area contributed by atoms with Gasteiger partial charge in [0.15, 0.2) is 5.13 Å². The molecule has 138 valence electrons. The zero-order chi connectivity index (χ0) is 18.8. The van der Waals surface area contributed by atoms with E-state index >= 15 is 0 Å². The fraction of sp³-hybridized carbons (Fsp3) is 0.250. The second kappa shape index (κ2) is 7.36. The Kier molecular flexibility index (Phi) is 4.77. The van der Waals surface area contributed by atoms with Crippen LogP contribution in [0.1, 0.15) is 17.1 Å². The molecule has 0 aliphatic carbocycles. The van der Waals surface area contributed by atoms with Gasteiger partial charge in [0.05, 0.1) is 24.4 Å². The van der Waals surface area contributed by atoms with Crippen molar-refractivity contribution in [2.45, 2.75) is 19.9 Å². The molecule has 0 unspecified atom stereocenters. The first-order chi connectivity index (χ1) is 13.1. The van der Waals surface area contributed by atoms with Crippen molar-refractivity contribution >= 4 is 28.3 Å². The van der Waals surface area contributed by atoms with E-state index in [9.17, 15) is 9.59 Å². The van der Waals surface area contributed by atoms with E-state index in [4.69, 9.17) is 4.42 Å². The highest BCUT2D eigenvalue weighted by molar-refractivity contribution is 7.16. The van der Waals surface area contributed by atoms with E-state index in [1.165, 1.54) is 11.3 Å². The Labute approximate surface area is 160 Å². The molecule has 4 rings (SSSR count). The van der Waals surface area contributed by atoms with Crippen LogP contribution in [-0.2, 0) is 16.1 Å². The maximum atomic E-state index is 12.6. The molecule has 1 aliphatic heterocycles. The summed E-state index contributed by atoms with van der Waals surface area (Å²) in [4.78, 5) is 32.1. The maximum absolute atomic E-state index is 12.6. The van der Waals surface area contributed by atoms with Crippen molar-refractivity contribution in [3.63, 3.8) is 0 Å². The highest BCUT2D eigenvalue weighted by atomic mass is 32.1. The molecule has 1 saturated heterocycles. The van der Waals surface area contributed by atoms with Crippen LogP contribution in [0.15, 0.2) is 53.1 Å². The summed E-state index contributed by atoms with van der Waals surface area (Å²) in [5, 5.41) is 3.44. The summed E-state index contributed by atoms with van der Waals surface area (Å²) in [6, 6.07) is 13.5. The van der Waals surface area contributed by atoms with Crippen LogP contribution in [-0.4, -0.2) is 28.2 Å². The van der Waals surface area contributed by atoms with E-state index in [0.29, 0.717) is 24.0 Å². The molecule has 1 aromatic carbocycles. The predicted octanol–water partition coefficient (Wildman–Crippen LogP) is 3.70. The molecule has 1 aliphatic rings. The topological polar surface area (TPSA) is 75.4 Å². The number of amides is 2. The fourth-order valence-corrected chi connectivity index (χ4v) is 4.05. The summed E-state index contributed by atoms with van der Waals surface area (Å²) < 4.78 is 5.29. The number of benzene rings is 1. The number of furan rings is 1. The third-order valence-corrected chi connectivity index (χ3v) is 5.47. The molecule has 0 spiro atoms. The first-order valence-corrected chi connectivity index (χ1v) is 9.55. The zero-order valence-electron chi connectivity index (χ0n) is 14.8. The molecule has 6 nitrogen and oxygen atoms in total. The van der Waals surface area contributed by atoms with E-state index in [0.717, 1.165) is 16.1 Å². The summed E-state index contributed by atoms with van der Waals surface area (Å²) in [5.74, 6) is 0.134. The molecule has 1 N–H and O–H groups in total. The van der Waals surface area contributed by atoms with Gasteiger partial charge < -0.3 is 14.6 Å². The maximum Gasteiger partial charge on any atom is 0.231 e. The van der Waals surface area contributed by atoms with Gasteiger partial charge in [-0.05, 0) is 19.1 Å². The van der Waals surface area contributed by atoms with Crippen molar-refractivity contribution < 1.29 is 14.0 Å². The number of hydrogen-bond acceptors (Lipinski definition) is 5. The van der Waals surface area contributed by atoms with E-state index in [1.807, 2.05) is 43.3 Å². The van der Waals surface area contributed by atoms with Crippen LogP contribution < -0.4 is 5.32 Å². The standard InChI is InChI=1S/C20H19N3O3S/c1-13-18(14-6-3-2-4-7-14)21-20(27-13)22-19(25)15-10-17(24)23(11-15)12-16-8-5-9-26-16/h2-9,15H,10-12H2,1H3,(H,21,22,25)/t15-/m1/s1. The fourth-order valence-electron chi connectivity index (χ4n) is 3.21. The van der Waals surface area contributed by atoms with Gasteiger partial charge >= 0.3 is 0 Å². The number of nitrogens with zero attached hydrogens (tertiary/aromatic N) is 2. The van der Waals surface area contributed by atoms with Gasteiger partial charge in [-0.25, -0.2) is 4.98 Å². The molecule has 2 aromatic heterocycles. The van der Waals surface area contributed by atoms with Crippen LogP contribution in [0.3, 0.4) is 0 Å². The molecule has 1 fully saturated rings. The first kappa shape index (κ1) is 17.5. The van der Waals surface area contributed by atoms with Crippen LogP contribution in [0.4, 0.5) is 5.13 Å². The van der Waals surface area contributed by atoms with Crippen molar-refractivity contribution in [1.29, 1.82) is 0 Å². The Morgan fingerprint density at radius 1 is 1.30 bits per heavy atom. The smallest absolute Gasteiger partial charge is 0.231 e. The summed E-state index contributed by atoms with van der Waals surface area (Å²) in [5.41, 5.74) is 1.89. The van der Waals surface area contributed by atoms with Gasteiger partial charge in [0.1, 0.15) is 5.76 Å². The molecule has 1 atom stereocenters. The van der Waals surface area contributed by atoms with Crippen LogP contribution in [0, 0.1) is 12.8 Å². The molecule has 0 radical (unpaired) electrons. The minimum absolute atomic E-state index is 0.0353. The van der Waals surface area contributed by atoms with Crippen molar-refractivity contribution in [3.05, 3.63) is 59.4 Å². The lowest BCUT2D eigenvalue weighted by atomic mass is 10.1. The Morgan fingerprint density at radius 2 is 2.11 bits per heavy atom. The Bertz CT molecular complexity index is 950. The Balaban J connectivity index is 1.42. The number of hydrogen-bond donors (Lipinski definition) is 1. The van der Waals surface area contributed by atoms with Crippen molar-refractivity contribution in [2.75, 3.05) is 11.9 Å². The summed E-state index contributed by atoms with van der Waals surface area (Å²) in [7, 11) is 0. The van der Waals surface area contributed by atoms with Gasteiger partial charge in [0.2, 0.25) is 11.8 Å². The average molecular weight is 381 g/mol. The van der Waals surface area contributed by atoms with E-state index in [1.54, 1.807) is 17.2 Å². The van der Waals surface area contributed by atoms with Gasteiger partial charge in [-0.3, -0.25) is 9.59 Å². The summed E-state index contributed by atoms with van der Waals surface area (Å²) in [6.07, 6.45) is 1.79. The number of carbonyl (C=O) groups excluding carboxylic acids is 2. The number of thiazole rings is 1. The molecular weight excluding hydrogens is 362 g/mol. The van der Waals surface area contributed by atoms with Gasteiger partial charge in [0.25, 0.3) is 0 Å². The minimum Gasteiger partial charge on any atom is -0.467 e. The summed E-state index contributed by atoms with van der Waals surface area (Å²) in [6.45, 7) is 2.77. The number of carbonyl (C=O) groups is 2. The van der Waals surface area contributed by atoms with E-state index in [-0.39, 0.29) is 24.2 Å². The molecule has 27 heavy (non-hydrogen) atoms. The normalized spacial score (nSPS) is 16.7. The van der Waals surface area contributed by atoms with Crippen LogP contribution in [0.2, 0.25) is 0 Å². The van der Waals surface area contributed by atoms with Gasteiger partial charge in [0, 0.05) is 23.4 Å². The second-order valence-electron chi connectivity index (χ2n) is 6.53. The first-order valence-electron chi connectivity index (χ1n) is 8.74. The quantitative estimate of drug-likeness (QED) is 0.731. The lowest BCUT2D eigenvalue weighted by Gasteiger charge is -2.14. The predicted molar refractivity (Wildman–Crippen MR) is 103 cm³/mol. The highest BCUT2D eigenvalue weighted by Crippen LogP contribution is 2.31. The molecule has 3 aromatic rings. The van der Waals surface area contributed by atoms with Crippen molar-refractivity contribution in [2.24, 2.45) is 5.92 Å². The molecular formula is C20H19N3O3S. The van der Waals surface area contributed by atoms with Gasteiger partial charge in [-0.2, -0.15) is 0 Å². The second-order valence-corrected chi connectivity index (χ2v) is 7.74. The van der Waals surface area contributed by atoms with E-state index in [2.05, 4.69) is 10.3 Å². The largest absolute Gasteiger partial charge is 0.467 e. The zero-order valence-corrected chi connectivity index (χ0v) is 15.7. The number of nitrogens with one attached hydrogen (secondary N) is 1. The number of aromatic nitrogens is 1. The monoisotopic (exact) mass is 381 g/mol. The highest BCUT2D eigenvalue weighted by Gasteiger charge is 2.35. The minimum atomic E-state index is -0.378. The third-order valence-electron chi connectivity index (χ3n) is 4.59. The van der Waals surface area contributed by atoms with Crippen molar-refractivity contribution in [3.8, 4) is 11.3 Å². The number of likely N-dealkylation sites (tertiary alicyclic amines) is 1. The number of anilines is 1. The molecule has 7 heteroatoms. The lowest BCUT2D eigenvalue weighted by Crippen LogP contribution is -2.27. The van der Waals surface area contributed by atoms with Gasteiger partial charge in [-0.1, -0.05) is 30.3 Å². The summed E-state index contributed by atoms with van der Waals surface area (Å²) >= 11 is 1.45. The van der Waals surface area contributed by atoms with E-state index < -0.39 is 0 Å². The van der Waals surface area contributed by atoms with Crippen LogP contribution >= 0.6 is 11.3 Å². The average Bonchev–Trinajstić information content (AvgIpc) is 3.38. The van der Waals surface area contributed by atoms with Crippen LogP contribution in [0.25, 0.3) is 11.3 Å². The van der Waals surface area contributed by atoms with Crippen LogP contribution in [0.5, 0.6) is 0 Å². The third kappa shape index (κ3) is 3.78. The number of rotatable bonds is 5. The lowest BCUT2D eigenvalue weighted by molar-refractivity contribution is -0.128. The molecule has 0 bridgehead atoms. The molecule has 2 amide bonds. The number of aryl methyl sites for hydroxylation is 1. The SMILES string of the molecule is Cc1sc(NC(=O)[C@@H]2CC(=O)N(Cc3ccco3)C2)nc1-c1ccccc1. The molecule has 3 heterocycles. The van der Waals surface area contributed by atoms with Crippen molar-refractivity contribution in [1.82, 2.24) is 9.88 Å². The van der Waals surface area contributed by atoms with Gasteiger partial charge in [-0.15, -0.1) is 11.3 Å².